The van der Waals surface area contributed by atoms with Gasteiger partial charge in [0, 0.05) is 30.4 Å². The van der Waals surface area contributed by atoms with Gasteiger partial charge in [0.05, 0.1) is 23.5 Å². The highest BCUT2D eigenvalue weighted by atomic mass is 35.5. The van der Waals surface area contributed by atoms with Crippen molar-refractivity contribution in [3.8, 4) is 23.4 Å². The topological polar surface area (TPSA) is 167 Å². The molecule has 0 aliphatic rings. The lowest BCUT2D eigenvalue weighted by Gasteiger charge is -2.12. The van der Waals surface area contributed by atoms with Gasteiger partial charge in [0.2, 0.25) is 23.5 Å². The number of carbonyl (C=O) groups excluding carboxylic acids is 3. The third-order valence-electron chi connectivity index (χ3n) is 7.76. The molecule has 0 fully saturated rings. The Labute approximate surface area is 322 Å². The number of pyridine rings is 2. The van der Waals surface area contributed by atoms with Crippen LogP contribution in [0.15, 0.2) is 125 Å². The van der Waals surface area contributed by atoms with Gasteiger partial charge in [-0.1, -0.05) is 78.3 Å². The number of nitrogens with zero attached hydrogens (tertiary/aromatic N) is 4. The van der Waals surface area contributed by atoms with Crippen LogP contribution in [0.25, 0.3) is 0 Å². The van der Waals surface area contributed by atoms with E-state index >= 15 is 0 Å². The van der Waals surface area contributed by atoms with E-state index in [1.54, 1.807) is 6.92 Å². The van der Waals surface area contributed by atoms with Crippen molar-refractivity contribution in [1.29, 1.82) is 0 Å². The van der Waals surface area contributed by atoms with Crippen LogP contribution in [-0.2, 0) is 24.7 Å². The van der Waals surface area contributed by atoms with Gasteiger partial charge in [-0.3, -0.25) is 14.2 Å². The second-order valence-corrected chi connectivity index (χ2v) is 12.1. The van der Waals surface area contributed by atoms with E-state index < -0.39 is 41.6 Å². The molecule has 0 aliphatic heterocycles. The van der Waals surface area contributed by atoms with Gasteiger partial charge in [-0.15, -0.1) is 0 Å². The van der Waals surface area contributed by atoms with E-state index in [4.69, 9.17) is 35.3 Å². The highest BCUT2D eigenvalue weighted by molar-refractivity contribution is 6.32. The van der Waals surface area contributed by atoms with E-state index in [-0.39, 0.29) is 69.5 Å². The van der Waals surface area contributed by atoms with E-state index in [2.05, 4.69) is 9.97 Å². The van der Waals surface area contributed by atoms with Gasteiger partial charge < -0.3 is 23.7 Å². The molecule has 0 amide bonds. The molecule has 0 unspecified atom stereocenters. The standard InChI is InChI=1S/C40H30ClFN4O10/c1-2-52-24-45-21-31(42)37(48)46(40(45)51)36(47)27-14-9-15-28(16-27)38(49)56-33-19-32(30(41)20-43-33)55-39(50)29-17-34(53-22-25-10-5-3-6-11-25)44-35(18-29)54-23-26-12-7-4-8-13-26/h3-21H,2,22-24H2,1H3. The number of rotatable bonds is 14. The third-order valence-corrected chi connectivity index (χ3v) is 8.05. The molecule has 56 heavy (non-hydrogen) atoms. The predicted molar refractivity (Wildman–Crippen MR) is 198 cm³/mol. The molecule has 14 nitrogen and oxygen atoms in total. The van der Waals surface area contributed by atoms with Crippen molar-refractivity contribution in [2.75, 3.05) is 6.61 Å². The van der Waals surface area contributed by atoms with Crippen LogP contribution in [0.4, 0.5) is 4.39 Å². The first-order valence-electron chi connectivity index (χ1n) is 16.8. The molecular weight excluding hydrogens is 751 g/mol. The largest absolute Gasteiger partial charge is 0.473 e. The minimum atomic E-state index is -1.48. The fourth-order valence-electron chi connectivity index (χ4n) is 5.00. The van der Waals surface area contributed by atoms with Crippen LogP contribution in [-0.4, -0.2) is 43.6 Å². The summed E-state index contributed by atoms with van der Waals surface area (Å²) >= 11 is 6.30. The van der Waals surface area contributed by atoms with Gasteiger partial charge in [0.1, 0.15) is 25.0 Å². The molecule has 3 aromatic carbocycles. The second-order valence-electron chi connectivity index (χ2n) is 11.7. The molecule has 16 heteroatoms. The van der Waals surface area contributed by atoms with Crippen LogP contribution in [0.5, 0.6) is 23.4 Å². The first-order chi connectivity index (χ1) is 27.1. The average Bonchev–Trinajstić information content (AvgIpc) is 3.22. The first kappa shape index (κ1) is 38.7. The summed E-state index contributed by atoms with van der Waals surface area (Å²) in [5, 5.41) is -0.101. The molecule has 0 N–H and O–H groups in total. The van der Waals surface area contributed by atoms with E-state index in [1.165, 1.54) is 30.3 Å². The molecule has 3 aromatic heterocycles. The maximum atomic E-state index is 14.4. The number of esters is 2. The Morgan fingerprint density at radius 3 is 1.96 bits per heavy atom. The predicted octanol–water partition coefficient (Wildman–Crippen LogP) is 5.87. The van der Waals surface area contributed by atoms with E-state index in [9.17, 15) is 28.4 Å². The summed E-state index contributed by atoms with van der Waals surface area (Å²) in [7, 11) is 0. The lowest BCUT2D eigenvalue weighted by Crippen LogP contribution is -2.45. The highest BCUT2D eigenvalue weighted by Gasteiger charge is 2.22. The molecule has 0 atom stereocenters. The number of aromatic nitrogens is 4. The van der Waals surface area contributed by atoms with Crippen LogP contribution in [0.2, 0.25) is 5.02 Å². The van der Waals surface area contributed by atoms with Gasteiger partial charge in [0.15, 0.2) is 5.75 Å². The number of halogens is 2. The van der Waals surface area contributed by atoms with Crippen LogP contribution in [0.1, 0.15) is 49.1 Å². The summed E-state index contributed by atoms with van der Waals surface area (Å²) < 4.78 is 43.0. The molecule has 284 valence electrons. The molecule has 0 saturated carbocycles. The van der Waals surface area contributed by atoms with Crippen LogP contribution >= 0.6 is 11.6 Å². The van der Waals surface area contributed by atoms with Crippen molar-refractivity contribution in [1.82, 2.24) is 19.1 Å². The monoisotopic (exact) mass is 780 g/mol. The van der Waals surface area contributed by atoms with Gasteiger partial charge in [-0.05, 0) is 36.2 Å². The van der Waals surface area contributed by atoms with Crippen LogP contribution in [0.3, 0.4) is 0 Å². The smallest absolute Gasteiger partial charge is 0.344 e. The molecule has 3 heterocycles. The van der Waals surface area contributed by atoms with Crippen molar-refractivity contribution in [3.05, 3.63) is 175 Å². The summed E-state index contributed by atoms with van der Waals surface area (Å²) in [5.41, 5.74) is -1.40. The van der Waals surface area contributed by atoms with Crippen molar-refractivity contribution in [3.63, 3.8) is 0 Å². The van der Waals surface area contributed by atoms with Crippen LogP contribution < -0.4 is 30.2 Å². The zero-order valence-electron chi connectivity index (χ0n) is 29.4. The maximum absolute atomic E-state index is 14.4. The molecule has 0 spiro atoms. The maximum Gasteiger partial charge on any atom is 0.344 e. The number of carbonyl (C=O) groups is 3. The van der Waals surface area contributed by atoms with E-state index in [0.29, 0.717) is 6.20 Å². The third kappa shape index (κ3) is 9.57. The summed E-state index contributed by atoms with van der Waals surface area (Å²) in [6.45, 7) is 1.73. The van der Waals surface area contributed by atoms with Gasteiger partial charge in [0.25, 0.3) is 11.5 Å². The Bertz CT molecular complexity index is 2450. The van der Waals surface area contributed by atoms with E-state index in [0.717, 1.165) is 34.0 Å². The Kier molecular flexibility index (Phi) is 12.4. The molecule has 0 radical (unpaired) electrons. The number of hydrogen-bond donors (Lipinski definition) is 0. The minimum absolute atomic E-state index is 0.00100. The lowest BCUT2D eigenvalue weighted by atomic mass is 10.1. The van der Waals surface area contributed by atoms with Gasteiger partial charge in [-0.25, -0.2) is 19.4 Å². The Balaban J connectivity index is 1.19. The Morgan fingerprint density at radius 2 is 1.34 bits per heavy atom. The Morgan fingerprint density at radius 1 is 0.732 bits per heavy atom. The minimum Gasteiger partial charge on any atom is -0.473 e. The molecule has 0 saturated heterocycles. The molecule has 0 aliphatic carbocycles. The normalized spacial score (nSPS) is 10.8. The zero-order valence-corrected chi connectivity index (χ0v) is 30.2. The van der Waals surface area contributed by atoms with Crippen molar-refractivity contribution < 1.29 is 42.5 Å². The average molecular weight is 781 g/mol. The summed E-state index contributed by atoms with van der Waals surface area (Å²) in [4.78, 5) is 73.5. The Hall–Kier alpha value is -6.97. The van der Waals surface area contributed by atoms with Gasteiger partial charge >= 0.3 is 17.6 Å². The summed E-state index contributed by atoms with van der Waals surface area (Å²) in [6.07, 6.45) is 1.73. The fraction of sp³-hybridized carbons (Fsp3) is 0.125. The number of ether oxygens (including phenoxy) is 5. The first-order valence-corrected chi connectivity index (χ1v) is 17.2. The zero-order chi connectivity index (χ0) is 39.6. The summed E-state index contributed by atoms with van der Waals surface area (Å²) in [6, 6.07) is 27.3. The van der Waals surface area contributed by atoms with E-state index in [1.807, 2.05) is 60.7 Å². The molecular formula is C40H30ClFN4O10. The molecule has 0 bridgehead atoms. The SMILES string of the molecule is CCOCn1cc(F)c(=O)n(C(=O)c2cccc(C(=O)Oc3cc(OC(=O)c4cc(OCc5ccccc5)nc(OCc5ccccc5)c4)c(Cl)cn3)c2)c1=O. The van der Waals surface area contributed by atoms with Gasteiger partial charge in [-0.2, -0.15) is 13.9 Å². The molecule has 6 aromatic rings. The number of benzene rings is 3. The molecule has 6 rings (SSSR count). The second kappa shape index (κ2) is 17.9. The fourth-order valence-corrected chi connectivity index (χ4v) is 5.14. The van der Waals surface area contributed by atoms with Crippen molar-refractivity contribution in [2.24, 2.45) is 0 Å². The van der Waals surface area contributed by atoms with Crippen LogP contribution in [0, 0.1) is 5.82 Å². The van der Waals surface area contributed by atoms with Crippen molar-refractivity contribution in [2.45, 2.75) is 26.9 Å². The summed E-state index contributed by atoms with van der Waals surface area (Å²) in [5.74, 6) is -4.86. The highest BCUT2D eigenvalue weighted by Crippen LogP contribution is 2.29. The van der Waals surface area contributed by atoms with Crippen molar-refractivity contribution >= 4 is 29.4 Å². The quantitative estimate of drug-likeness (QED) is 0.121. The number of hydrogen-bond acceptors (Lipinski definition) is 12. The lowest BCUT2D eigenvalue weighted by molar-refractivity contribution is 0.0725.